The van der Waals surface area contributed by atoms with Crippen molar-refractivity contribution >= 4 is 12.0 Å². The topological polar surface area (TPSA) is 98.9 Å². The van der Waals surface area contributed by atoms with E-state index in [-0.39, 0.29) is 12.6 Å². The number of carboxylic acid groups (broad SMARTS) is 1. The number of amides is 2. The molecule has 1 rings (SSSR count). The molecule has 2 amide bonds. The van der Waals surface area contributed by atoms with Crippen LogP contribution in [0.1, 0.15) is 12.8 Å². The fraction of sp³-hybridized carbons (Fsp3) is 0.818. The number of carboxylic acids is 1. The molecule has 0 radical (unpaired) electrons. The Labute approximate surface area is 107 Å². The average Bonchev–Trinajstić information content (AvgIpc) is 2.35. The zero-order valence-electron chi connectivity index (χ0n) is 10.9. The summed E-state index contributed by atoms with van der Waals surface area (Å²) in [5.41, 5.74) is 5.32. The van der Waals surface area contributed by atoms with Gasteiger partial charge < -0.3 is 26.0 Å². The van der Waals surface area contributed by atoms with Crippen molar-refractivity contribution in [2.75, 3.05) is 33.7 Å². The Morgan fingerprint density at radius 2 is 2.00 bits per heavy atom. The Kier molecular flexibility index (Phi) is 5.36. The van der Waals surface area contributed by atoms with Crippen LogP contribution in [0.25, 0.3) is 0 Å². The summed E-state index contributed by atoms with van der Waals surface area (Å²) in [6.07, 6.45) is 1.87. The number of urea groups is 1. The van der Waals surface area contributed by atoms with Crippen molar-refractivity contribution in [2.24, 2.45) is 5.73 Å². The van der Waals surface area contributed by atoms with Gasteiger partial charge in [-0.15, -0.1) is 0 Å². The highest BCUT2D eigenvalue weighted by atomic mass is 16.4. The molecule has 0 spiro atoms. The number of carbonyl (C=O) groups excluding carboxylic acids is 1. The first-order valence-corrected chi connectivity index (χ1v) is 6.09. The minimum absolute atomic E-state index is 0.0399. The highest BCUT2D eigenvalue weighted by molar-refractivity contribution is 5.77. The monoisotopic (exact) mass is 258 g/mol. The standard InChI is InChI=1S/C11H22N4O3/c1-14(2)8-3-5-15(6-4-8)11(18)13-7-9(12)10(16)17/h8-9H,3-7,12H2,1-2H3,(H,13,18)(H,16,17). The maximum atomic E-state index is 11.8. The predicted octanol–water partition coefficient (Wildman–Crippen LogP) is -0.866. The fourth-order valence-corrected chi connectivity index (χ4v) is 1.98. The van der Waals surface area contributed by atoms with Gasteiger partial charge in [-0.2, -0.15) is 0 Å². The quantitative estimate of drug-likeness (QED) is 0.609. The molecular weight excluding hydrogens is 236 g/mol. The molecule has 0 aromatic carbocycles. The number of likely N-dealkylation sites (tertiary alicyclic amines) is 1. The van der Waals surface area contributed by atoms with E-state index >= 15 is 0 Å². The summed E-state index contributed by atoms with van der Waals surface area (Å²) in [5, 5.41) is 11.2. The molecule has 1 aliphatic heterocycles. The van der Waals surface area contributed by atoms with Crippen LogP contribution in [0.15, 0.2) is 0 Å². The lowest BCUT2D eigenvalue weighted by Gasteiger charge is -2.35. The SMILES string of the molecule is CN(C)C1CCN(C(=O)NCC(N)C(=O)O)CC1. The lowest BCUT2D eigenvalue weighted by atomic mass is 10.0. The Balaban J connectivity index is 2.30. The van der Waals surface area contributed by atoms with Gasteiger partial charge in [0.25, 0.3) is 0 Å². The minimum Gasteiger partial charge on any atom is -0.480 e. The van der Waals surface area contributed by atoms with E-state index in [1.165, 1.54) is 0 Å². The largest absolute Gasteiger partial charge is 0.480 e. The molecule has 18 heavy (non-hydrogen) atoms. The van der Waals surface area contributed by atoms with Crippen LogP contribution >= 0.6 is 0 Å². The summed E-state index contributed by atoms with van der Waals surface area (Å²) >= 11 is 0. The second-order valence-corrected chi connectivity index (χ2v) is 4.81. The molecule has 0 aromatic rings. The first-order chi connectivity index (χ1) is 8.41. The van der Waals surface area contributed by atoms with Gasteiger partial charge in [0, 0.05) is 25.7 Å². The van der Waals surface area contributed by atoms with Gasteiger partial charge >= 0.3 is 12.0 Å². The van der Waals surface area contributed by atoms with Crippen LogP contribution in [-0.2, 0) is 4.79 Å². The number of nitrogens with zero attached hydrogens (tertiary/aromatic N) is 2. The molecule has 1 heterocycles. The average molecular weight is 258 g/mol. The molecular formula is C11H22N4O3. The number of hydrogen-bond donors (Lipinski definition) is 3. The number of nitrogens with one attached hydrogen (secondary N) is 1. The minimum atomic E-state index is -1.11. The van der Waals surface area contributed by atoms with Gasteiger partial charge in [-0.1, -0.05) is 0 Å². The van der Waals surface area contributed by atoms with Crippen LogP contribution in [0.4, 0.5) is 4.79 Å². The highest BCUT2D eigenvalue weighted by Crippen LogP contribution is 2.13. The zero-order chi connectivity index (χ0) is 13.7. The van der Waals surface area contributed by atoms with Gasteiger partial charge in [0.1, 0.15) is 6.04 Å². The molecule has 4 N–H and O–H groups in total. The molecule has 7 nitrogen and oxygen atoms in total. The molecule has 104 valence electrons. The van der Waals surface area contributed by atoms with E-state index < -0.39 is 12.0 Å². The van der Waals surface area contributed by atoms with Crippen molar-refractivity contribution in [1.29, 1.82) is 0 Å². The van der Waals surface area contributed by atoms with Crippen molar-refractivity contribution < 1.29 is 14.7 Å². The van der Waals surface area contributed by atoms with Gasteiger partial charge in [-0.3, -0.25) is 4.79 Å². The third-order valence-corrected chi connectivity index (χ3v) is 3.27. The zero-order valence-corrected chi connectivity index (χ0v) is 10.9. The van der Waals surface area contributed by atoms with E-state index in [9.17, 15) is 9.59 Å². The van der Waals surface area contributed by atoms with Crippen LogP contribution in [0.3, 0.4) is 0 Å². The van der Waals surface area contributed by atoms with Gasteiger partial charge in [0.15, 0.2) is 0 Å². The Morgan fingerprint density at radius 1 is 1.44 bits per heavy atom. The number of rotatable bonds is 4. The van der Waals surface area contributed by atoms with E-state index in [4.69, 9.17) is 10.8 Å². The Hall–Kier alpha value is -1.34. The van der Waals surface area contributed by atoms with Crippen LogP contribution in [0.2, 0.25) is 0 Å². The molecule has 1 saturated heterocycles. The summed E-state index contributed by atoms with van der Waals surface area (Å²) in [5.74, 6) is -1.11. The molecule has 0 aliphatic carbocycles. The van der Waals surface area contributed by atoms with Gasteiger partial charge in [0.2, 0.25) is 0 Å². The van der Waals surface area contributed by atoms with Crippen LogP contribution in [0.5, 0.6) is 0 Å². The normalized spacial score (nSPS) is 18.8. The van der Waals surface area contributed by atoms with Crippen LogP contribution in [0, 0.1) is 0 Å². The van der Waals surface area contributed by atoms with Crippen LogP contribution < -0.4 is 11.1 Å². The summed E-state index contributed by atoms with van der Waals surface area (Å²) in [7, 11) is 4.07. The molecule has 0 aromatic heterocycles. The lowest BCUT2D eigenvalue weighted by Crippen LogP contribution is -2.51. The molecule has 7 heteroatoms. The fourth-order valence-electron chi connectivity index (χ4n) is 1.98. The third-order valence-electron chi connectivity index (χ3n) is 3.27. The summed E-state index contributed by atoms with van der Waals surface area (Å²) < 4.78 is 0. The van der Waals surface area contributed by atoms with Crippen molar-refractivity contribution in [2.45, 2.75) is 24.9 Å². The van der Waals surface area contributed by atoms with E-state index in [2.05, 4.69) is 10.2 Å². The van der Waals surface area contributed by atoms with E-state index in [1.54, 1.807) is 4.90 Å². The van der Waals surface area contributed by atoms with E-state index in [0.29, 0.717) is 19.1 Å². The predicted molar refractivity (Wildman–Crippen MR) is 67.3 cm³/mol. The van der Waals surface area contributed by atoms with Gasteiger partial charge in [0.05, 0.1) is 0 Å². The summed E-state index contributed by atoms with van der Waals surface area (Å²) in [4.78, 5) is 26.1. The molecule has 0 saturated carbocycles. The Bertz CT molecular complexity index is 301. The van der Waals surface area contributed by atoms with E-state index in [0.717, 1.165) is 12.8 Å². The number of nitrogens with two attached hydrogens (primary N) is 1. The van der Waals surface area contributed by atoms with Gasteiger partial charge in [-0.25, -0.2) is 4.79 Å². The van der Waals surface area contributed by atoms with Gasteiger partial charge in [-0.05, 0) is 26.9 Å². The van der Waals surface area contributed by atoms with Crippen molar-refractivity contribution in [3.63, 3.8) is 0 Å². The molecule has 1 unspecified atom stereocenters. The molecule has 0 bridgehead atoms. The first-order valence-electron chi connectivity index (χ1n) is 6.09. The number of piperidine rings is 1. The third kappa shape index (κ3) is 4.15. The van der Waals surface area contributed by atoms with Crippen molar-refractivity contribution in [1.82, 2.24) is 15.1 Å². The lowest BCUT2D eigenvalue weighted by molar-refractivity contribution is -0.138. The van der Waals surface area contributed by atoms with Crippen LogP contribution in [-0.4, -0.2) is 72.7 Å². The van der Waals surface area contributed by atoms with E-state index in [1.807, 2.05) is 14.1 Å². The maximum absolute atomic E-state index is 11.8. The smallest absolute Gasteiger partial charge is 0.322 e. The summed E-state index contributed by atoms with van der Waals surface area (Å²) in [6.45, 7) is 1.34. The van der Waals surface area contributed by atoms with Crippen molar-refractivity contribution in [3.05, 3.63) is 0 Å². The second-order valence-electron chi connectivity index (χ2n) is 4.81. The molecule has 1 atom stereocenters. The molecule has 1 aliphatic rings. The van der Waals surface area contributed by atoms with Crippen molar-refractivity contribution in [3.8, 4) is 0 Å². The summed E-state index contributed by atoms with van der Waals surface area (Å²) in [6, 6.07) is -0.771. The number of carbonyl (C=O) groups is 2. The maximum Gasteiger partial charge on any atom is 0.322 e. The number of aliphatic carboxylic acids is 1. The second kappa shape index (κ2) is 6.55. The Morgan fingerprint density at radius 3 is 2.44 bits per heavy atom. The number of hydrogen-bond acceptors (Lipinski definition) is 4. The molecule has 1 fully saturated rings. The highest BCUT2D eigenvalue weighted by Gasteiger charge is 2.24. The first kappa shape index (κ1) is 14.7.